The lowest BCUT2D eigenvalue weighted by Gasteiger charge is -2.13. The number of hydrogen-bond acceptors (Lipinski definition) is 7. The maximum absolute atomic E-state index is 13.3. The number of nitrogens with zero attached hydrogens (tertiary/aromatic N) is 3. The Labute approximate surface area is 175 Å². The van der Waals surface area contributed by atoms with Crippen molar-refractivity contribution >= 4 is 39.0 Å². The first kappa shape index (κ1) is 20.1. The van der Waals surface area contributed by atoms with Crippen molar-refractivity contribution in [2.45, 2.75) is 43.1 Å². The van der Waals surface area contributed by atoms with Crippen LogP contribution >= 0.6 is 23.1 Å². The Morgan fingerprint density at radius 3 is 2.90 bits per heavy atom. The first-order valence-corrected chi connectivity index (χ1v) is 11.3. The largest absolute Gasteiger partial charge is 0.383 e. The summed E-state index contributed by atoms with van der Waals surface area (Å²) in [5.74, 6) is 0.368. The molecule has 0 saturated heterocycles. The van der Waals surface area contributed by atoms with Gasteiger partial charge in [0, 0.05) is 29.4 Å². The molecule has 0 fully saturated rings. The monoisotopic (exact) mass is 431 g/mol. The van der Waals surface area contributed by atoms with Gasteiger partial charge in [-0.1, -0.05) is 30.0 Å². The predicted octanol–water partition coefficient (Wildman–Crippen LogP) is 4.18. The molecule has 2 aromatic heterocycles. The van der Waals surface area contributed by atoms with Crippen LogP contribution in [0.5, 0.6) is 0 Å². The normalized spacial score (nSPS) is 13.6. The Morgan fingerprint density at radius 2 is 2.10 bits per heavy atom. The maximum Gasteiger partial charge on any atom is 0.273 e. The number of para-hydroxylation sites is 1. The molecule has 0 unspecified atom stereocenters. The minimum Gasteiger partial charge on any atom is -0.383 e. The third-order valence-corrected chi connectivity index (χ3v) is 7.31. The fraction of sp³-hybridized carbons (Fsp3) is 0.400. The van der Waals surface area contributed by atoms with Gasteiger partial charge in [0.25, 0.3) is 11.2 Å². The highest BCUT2D eigenvalue weighted by Gasteiger charge is 2.22. The summed E-state index contributed by atoms with van der Waals surface area (Å²) in [6.07, 6.45) is 4.19. The molecule has 1 aliphatic carbocycles. The Morgan fingerprint density at radius 1 is 1.31 bits per heavy atom. The summed E-state index contributed by atoms with van der Waals surface area (Å²) in [5, 5.41) is 12.6. The van der Waals surface area contributed by atoms with Gasteiger partial charge in [-0.25, -0.2) is 4.98 Å². The first-order chi connectivity index (χ1) is 14.1. The van der Waals surface area contributed by atoms with E-state index in [-0.39, 0.29) is 16.2 Å². The quantitative estimate of drug-likeness (QED) is 0.241. The Kier molecular flexibility index (Phi) is 5.98. The standard InChI is InChI=1S/C20H21N3O4S2/c1-27-11-10-22-19(24)17-14-7-3-5-9-16(14)29-18(17)21-20(22)28-12-13-6-2-4-8-15(13)23(25)26/h2,4,6,8H,3,5,7,9-12H2,1H3. The second-order valence-electron chi connectivity index (χ2n) is 6.91. The highest BCUT2D eigenvalue weighted by Crippen LogP contribution is 2.35. The molecule has 0 bridgehead atoms. The van der Waals surface area contributed by atoms with Crippen LogP contribution in [0.1, 0.15) is 28.8 Å². The number of rotatable bonds is 7. The van der Waals surface area contributed by atoms with E-state index in [4.69, 9.17) is 9.72 Å². The summed E-state index contributed by atoms with van der Waals surface area (Å²) in [7, 11) is 1.60. The number of nitro groups is 1. The van der Waals surface area contributed by atoms with Crippen LogP contribution in [0, 0.1) is 10.1 Å². The van der Waals surface area contributed by atoms with Crippen molar-refractivity contribution < 1.29 is 9.66 Å². The summed E-state index contributed by atoms with van der Waals surface area (Å²) >= 11 is 2.97. The lowest BCUT2D eigenvalue weighted by atomic mass is 9.97. The number of fused-ring (bicyclic) bond motifs is 3. The van der Waals surface area contributed by atoms with Crippen molar-refractivity contribution in [3.63, 3.8) is 0 Å². The summed E-state index contributed by atoms with van der Waals surface area (Å²) < 4.78 is 6.85. The van der Waals surface area contributed by atoms with Gasteiger partial charge >= 0.3 is 0 Å². The van der Waals surface area contributed by atoms with E-state index in [1.807, 2.05) is 0 Å². The fourth-order valence-corrected chi connectivity index (χ4v) is 5.99. The second-order valence-corrected chi connectivity index (χ2v) is 8.94. The first-order valence-electron chi connectivity index (χ1n) is 9.49. The SMILES string of the molecule is COCCn1c(SCc2ccccc2[N+](=O)[O-])nc2sc3c(c2c1=O)CCCC3. The van der Waals surface area contributed by atoms with Crippen LogP contribution in [0.25, 0.3) is 10.2 Å². The molecule has 3 aromatic rings. The van der Waals surface area contributed by atoms with E-state index >= 15 is 0 Å². The number of thiophene rings is 1. The van der Waals surface area contributed by atoms with E-state index in [0.717, 1.165) is 41.5 Å². The van der Waals surface area contributed by atoms with E-state index in [2.05, 4.69) is 0 Å². The molecule has 7 nitrogen and oxygen atoms in total. The average Bonchev–Trinajstić information content (AvgIpc) is 3.10. The number of nitro benzene ring substituents is 1. The molecule has 29 heavy (non-hydrogen) atoms. The number of methoxy groups -OCH3 is 1. The average molecular weight is 432 g/mol. The zero-order valence-electron chi connectivity index (χ0n) is 16.1. The molecule has 2 heterocycles. The zero-order chi connectivity index (χ0) is 20.4. The zero-order valence-corrected chi connectivity index (χ0v) is 17.7. The maximum atomic E-state index is 13.3. The topological polar surface area (TPSA) is 87.3 Å². The van der Waals surface area contributed by atoms with Crippen molar-refractivity contribution in [2.75, 3.05) is 13.7 Å². The van der Waals surface area contributed by atoms with E-state index < -0.39 is 0 Å². The molecule has 0 amide bonds. The second kappa shape index (κ2) is 8.64. The van der Waals surface area contributed by atoms with E-state index in [9.17, 15) is 14.9 Å². The Hall–Kier alpha value is -2.23. The number of ether oxygens (including phenoxy) is 1. The van der Waals surface area contributed by atoms with Crippen LogP contribution in [0.4, 0.5) is 5.69 Å². The van der Waals surface area contributed by atoms with Gasteiger partial charge in [0.15, 0.2) is 5.16 Å². The van der Waals surface area contributed by atoms with Crippen LogP contribution in [0.15, 0.2) is 34.2 Å². The summed E-state index contributed by atoms with van der Waals surface area (Å²) in [6.45, 7) is 0.806. The van der Waals surface area contributed by atoms with Crippen molar-refractivity contribution in [2.24, 2.45) is 0 Å². The van der Waals surface area contributed by atoms with Gasteiger partial charge in [0.05, 0.1) is 23.5 Å². The molecule has 1 aromatic carbocycles. The summed E-state index contributed by atoms with van der Waals surface area (Å²) in [4.78, 5) is 31.1. The van der Waals surface area contributed by atoms with Crippen molar-refractivity contribution in [3.8, 4) is 0 Å². The van der Waals surface area contributed by atoms with Gasteiger partial charge in [-0.05, 0) is 31.2 Å². The lowest BCUT2D eigenvalue weighted by molar-refractivity contribution is -0.385. The van der Waals surface area contributed by atoms with E-state index in [0.29, 0.717) is 29.6 Å². The molecule has 152 valence electrons. The Bertz CT molecular complexity index is 1120. The minimum absolute atomic E-state index is 0.0310. The van der Waals surface area contributed by atoms with Gasteiger partial charge in [-0.2, -0.15) is 0 Å². The van der Waals surface area contributed by atoms with Crippen molar-refractivity contribution in [3.05, 3.63) is 60.7 Å². The van der Waals surface area contributed by atoms with Gasteiger partial charge < -0.3 is 4.74 Å². The fourth-order valence-electron chi connectivity index (χ4n) is 3.66. The third kappa shape index (κ3) is 3.94. The van der Waals surface area contributed by atoms with Gasteiger partial charge in [0.1, 0.15) is 4.83 Å². The van der Waals surface area contributed by atoms with Gasteiger partial charge in [-0.15, -0.1) is 11.3 Å². The van der Waals surface area contributed by atoms with Crippen LogP contribution in [0.2, 0.25) is 0 Å². The minimum atomic E-state index is -0.377. The van der Waals surface area contributed by atoms with Crippen LogP contribution < -0.4 is 5.56 Å². The highest BCUT2D eigenvalue weighted by atomic mass is 32.2. The molecule has 0 saturated carbocycles. The molecule has 0 aliphatic heterocycles. The van der Waals surface area contributed by atoms with Gasteiger partial charge in [-0.3, -0.25) is 19.5 Å². The summed E-state index contributed by atoms with van der Waals surface area (Å²) in [5.41, 5.74) is 1.82. The molecule has 0 spiro atoms. The molecule has 1 aliphatic rings. The van der Waals surface area contributed by atoms with Crippen molar-refractivity contribution in [1.82, 2.24) is 9.55 Å². The van der Waals surface area contributed by atoms with Crippen LogP contribution in [-0.4, -0.2) is 28.2 Å². The molecule has 9 heteroatoms. The summed E-state index contributed by atoms with van der Waals surface area (Å²) in [6, 6.07) is 6.68. The Balaban J connectivity index is 1.75. The number of thioether (sulfide) groups is 1. The molecule has 0 radical (unpaired) electrons. The predicted molar refractivity (Wildman–Crippen MR) is 115 cm³/mol. The third-order valence-electron chi connectivity index (χ3n) is 5.10. The molecule has 0 N–H and O–H groups in total. The lowest BCUT2D eigenvalue weighted by Crippen LogP contribution is -2.25. The highest BCUT2D eigenvalue weighted by molar-refractivity contribution is 7.98. The molecular weight excluding hydrogens is 410 g/mol. The van der Waals surface area contributed by atoms with E-state index in [1.165, 1.54) is 22.7 Å². The van der Waals surface area contributed by atoms with Crippen LogP contribution in [-0.2, 0) is 29.9 Å². The van der Waals surface area contributed by atoms with E-state index in [1.54, 1.807) is 41.2 Å². The van der Waals surface area contributed by atoms with Gasteiger partial charge in [0.2, 0.25) is 0 Å². The number of aromatic nitrogens is 2. The molecular formula is C20H21N3O4S2. The number of hydrogen-bond donors (Lipinski definition) is 0. The number of aryl methyl sites for hydroxylation is 2. The molecule has 0 atom stereocenters. The van der Waals surface area contributed by atoms with Crippen LogP contribution in [0.3, 0.4) is 0 Å². The molecule has 4 rings (SSSR count). The number of benzene rings is 1. The smallest absolute Gasteiger partial charge is 0.273 e. The van der Waals surface area contributed by atoms with Crippen molar-refractivity contribution in [1.29, 1.82) is 0 Å².